The Morgan fingerprint density at radius 2 is 1.76 bits per heavy atom. The minimum Gasteiger partial charge on any atom is -0.492 e. The molecule has 0 spiro atoms. The van der Waals surface area contributed by atoms with E-state index in [9.17, 15) is 13.2 Å². The minimum atomic E-state index is -3.48. The first-order chi connectivity index (χ1) is 14.0. The Balaban J connectivity index is 1.42. The summed E-state index contributed by atoms with van der Waals surface area (Å²) in [6.07, 6.45) is 1.62. The molecule has 0 N–H and O–H groups in total. The number of nitrogens with zero attached hydrogens (tertiary/aromatic N) is 2. The van der Waals surface area contributed by atoms with Crippen molar-refractivity contribution in [2.75, 3.05) is 59.2 Å². The number of carbonyl (C=O) groups is 1. The second-order valence-corrected chi connectivity index (χ2v) is 9.14. The van der Waals surface area contributed by atoms with Gasteiger partial charge in [0.05, 0.1) is 30.6 Å². The largest absolute Gasteiger partial charge is 0.492 e. The highest BCUT2D eigenvalue weighted by atomic mass is 32.2. The van der Waals surface area contributed by atoms with Crippen LogP contribution in [0.25, 0.3) is 0 Å². The van der Waals surface area contributed by atoms with E-state index in [2.05, 4.69) is 4.90 Å². The summed E-state index contributed by atoms with van der Waals surface area (Å²) in [6.45, 7) is 6.86. The van der Waals surface area contributed by atoms with Crippen molar-refractivity contribution in [3.05, 3.63) is 24.3 Å². The summed E-state index contributed by atoms with van der Waals surface area (Å²) in [5.74, 6) is 0.566. The third-order valence-corrected chi connectivity index (χ3v) is 7.23. The quantitative estimate of drug-likeness (QED) is 0.580. The summed E-state index contributed by atoms with van der Waals surface area (Å²) in [7, 11) is -3.48. The van der Waals surface area contributed by atoms with E-state index in [1.54, 1.807) is 24.3 Å². The average Bonchev–Trinajstić information content (AvgIpc) is 2.75. The van der Waals surface area contributed by atoms with Crippen LogP contribution >= 0.6 is 0 Å². The summed E-state index contributed by atoms with van der Waals surface area (Å²) < 4.78 is 42.8. The van der Waals surface area contributed by atoms with Crippen molar-refractivity contribution in [3.8, 4) is 5.75 Å². The molecule has 2 saturated heterocycles. The lowest BCUT2D eigenvalue weighted by atomic mass is 9.97. The SMILES string of the molecule is CCOC(=O)C1CCN(CCOc2ccc(S(=O)(=O)N3CCOCC3)cc2)CC1. The van der Waals surface area contributed by atoms with Gasteiger partial charge in [-0.25, -0.2) is 8.42 Å². The molecule has 1 aromatic carbocycles. The number of piperidine rings is 1. The second kappa shape index (κ2) is 10.4. The third kappa shape index (κ3) is 5.91. The lowest BCUT2D eigenvalue weighted by Crippen LogP contribution is -2.40. The van der Waals surface area contributed by atoms with Crippen LogP contribution in [0.15, 0.2) is 29.2 Å². The van der Waals surface area contributed by atoms with E-state index in [0.717, 1.165) is 32.5 Å². The average molecular weight is 427 g/mol. The van der Waals surface area contributed by atoms with E-state index >= 15 is 0 Å². The monoisotopic (exact) mass is 426 g/mol. The van der Waals surface area contributed by atoms with Crippen LogP contribution in [-0.2, 0) is 24.3 Å². The molecule has 162 valence electrons. The molecule has 0 radical (unpaired) electrons. The fourth-order valence-electron chi connectivity index (χ4n) is 3.59. The van der Waals surface area contributed by atoms with Crippen LogP contribution in [0.2, 0.25) is 0 Å². The topological polar surface area (TPSA) is 85.4 Å². The maximum atomic E-state index is 12.6. The molecule has 2 aliphatic heterocycles. The standard InChI is InChI=1S/C20H30N2O6S/c1-2-27-20(23)17-7-9-21(10-8-17)11-16-28-18-3-5-19(6-4-18)29(24,25)22-12-14-26-15-13-22/h3-6,17H,2,7-16H2,1H3. The predicted octanol–water partition coefficient (Wildman–Crippen LogP) is 1.36. The second-order valence-electron chi connectivity index (χ2n) is 7.20. The summed E-state index contributed by atoms with van der Waals surface area (Å²) >= 11 is 0. The molecule has 0 aliphatic carbocycles. The zero-order valence-corrected chi connectivity index (χ0v) is 17.7. The first-order valence-corrected chi connectivity index (χ1v) is 11.6. The van der Waals surface area contributed by atoms with E-state index in [1.807, 2.05) is 6.92 Å². The number of sulfonamides is 1. The summed E-state index contributed by atoms with van der Waals surface area (Å²) in [5.41, 5.74) is 0. The Morgan fingerprint density at radius 1 is 1.10 bits per heavy atom. The van der Waals surface area contributed by atoms with Crippen molar-refractivity contribution in [3.63, 3.8) is 0 Å². The van der Waals surface area contributed by atoms with Crippen molar-refractivity contribution < 1.29 is 27.4 Å². The summed E-state index contributed by atoms with van der Waals surface area (Å²) in [6, 6.07) is 6.57. The van der Waals surface area contributed by atoms with Crippen molar-refractivity contribution in [2.45, 2.75) is 24.7 Å². The Labute approximate surface area is 172 Å². The molecule has 8 nitrogen and oxygen atoms in total. The molecule has 0 unspecified atom stereocenters. The molecule has 0 aromatic heterocycles. The van der Waals surface area contributed by atoms with Gasteiger partial charge in [0, 0.05) is 19.6 Å². The normalized spacial score (nSPS) is 19.8. The molecule has 3 rings (SSSR count). The summed E-state index contributed by atoms with van der Waals surface area (Å²) in [5, 5.41) is 0. The highest BCUT2D eigenvalue weighted by Crippen LogP contribution is 2.21. The van der Waals surface area contributed by atoms with Gasteiger partial charge in [-0.05, 0) is 57.1 Å². The first kappa shape index (κ1) is 22.0. The number of esters is 1. The molecule has 1 aromatic rings. The number of rotatable bonds is 8. The number of hydrogen-bond acceptors (Lipinski definition) is 7. The van der Waals surface area contributed by atoms with Gasteiger partial charge < -0.3 is 14.2 Å². The number of carbonyl (C=O) groups excluding carboxylic acids is 1. The zero-order chi connectivity index (χ0) is 20.7. The molecule has 0 saturated carbocycles. The van der Waals surface area contributed by atoms with Crippen LogP contribution in [0.1, 0.15) is 19.8 Å². The number of hydrogen-bond donors (Lipinski definition) is 0. The molecule has 2 aliphatic rings. The molecular formula is C20H30N2O6S. The fraction of sp³-hybridized carbons (Fsp3) is 0.650. The Morgan fingerprint density at radius 3 is 2.38 bits per heavy atom. The molecule has 2 fully saturated rings. The molecule has 9 heteroatoms. The van der Waals surface area contributed by atoms with E-state index in [0.29, 0.717) is 45.3 Å². The van der Waals surface area contributed by atoms with Crippen LogP contribution in [-0.4, -0.2) is 82.7 Å². The molecule has 29 heavy (non-hydrogen) atoms. The van der Waals surface area contributed by atoms with E-state index in [1.165, 1.54) is 4.31 Å². The number of morpholine rings is 1. The van der Waals surface area contributed by atoms with Crippen molar-refractivity contribution in [1.82, 2.24) is 9.21 Å². The molecular weight excluding hydrogens is 396 g/mol. The van der Waals surface area contributed by atoms with Gasteiger partial charge in [-0.1, -0.05) is 0 Å². The molecule has 0 amide bonds. The van der Waals surface area contributed by atoms with Gasteiger partial charge in [0.2, 0.25) is 10.0 Å². The first-order valence-electron chi connectivity index (χ1n) is 10.2. The van der Waals surface area contributed by atoms with Crippen molar-refractivity contribution >= 4 is 16.0 Å². The van der Waals surface area contributed by atoms with Gasteiger partial charge in [-0.15, -0.1) is 0 Å². The van der Waals surface area contributed by atoms with E-state index < -0.39 is 10.0 Å². The van der Waals surface area contributed by atoms with Gasteiger partial charge in [0.25, 0.3) is 0 Å². The lowest BCUT2D eigenvalue weighted by molar-refractivity contribution is -0.149. The van der Waals surface area contributed by atoms with Gasteiger partial charge in [0.1, 0.15) is 12.4 Å². The van der Waals surface area contributed by atoms with Crippen LogP contribution in [0.4, 0.5) is 0 Å². The lowest BCUT2D eigenvalue weighted by Gasteiger charge is -2.30. The Bertz CT molecular complexity index is 754. The van der Waals surface area contributed by atoms with E-state index in [4.69, 9.17) is 14.2 Å². The van der Waals surface area contributed by atoms with Crippen LogP contribution in [0, 0.1) is 5.92 Å². The van der Waals surface area contributed by atoms with Gasteiger partial charge in [0.15, 0.2) is 0 Å². The third-order valence-electron chi connectivity index (χ3n) is 5.32. The maximum Gasteiger partial charge on any atom is 0.309 e. The number of benzene rings is 1. The zero-order valence-electron chi connectivity index (χ0n) is 16.9. The Hall–Kier alpha value is -1.68. The molecule has 0 atom stereocenters. The van der Waals surface area contributed by atoms with Crippen molar-refractivity contribution in [2.24, 2.45) is 5.92 Å². The number of ether oxygens (including phenoxy) is 3. The van der Waals surface area contributed by atoms with Crippen LogP contribution in [0.3, 0.4) is 0 Å². The highest BCUT2D eigenvalue weighted by molar-refractivity contribution is 7.89. The van der Waals surface area contributed by atoms with Crippen molar-refractivity contribution in [1.29, 1.82) is 0 Å². The summed E-state index contributed by atoms with van der Waals surface area (Å²) in [4.78, 5) is 14.3. The van der Waals surface area contributed by atoms with Gasteiger partial charge in [-0.3, -0.25) is 9.69 Å². The van der Waals surface area contributed by atoms with Crippen LogP contribution in [0.5, 0.6) is 5.75 Å². The number of likely N-dealkylation sites (tertiary alicyclic amines) is 1. The Kier molecular flexibility index (Phi) is 7.88. The van der Waals surface area contributed by atoms with Crippen LogP contribution < -0.4 is 4.74 Å². The highest BCUT2D eigenvalue weighted by Gasteiger charge is 2.27. The molecule has 0 bridgehead atoms. The predicted molar refractivity (Wildman–Crippen MR) is 107 cm³/mol. The smallest absolute Gasteiger partial charge is 0.309 e. The molecule has 2 heterocycles. The fourth-order valence-corrected chi connectivity index (χ4v) is 5.00. The van der Waals surface area contributed by atoms with E-state index in [-0.39, 0.29) is 16.8 Å². The maximum absolute atomic E-state index is 12.6. The minimum absolute atomic E-state index is 0.00748. The van der Waals surface area contributed by atoms with Gasteiger partial charge >= 0.3 is 5.97 Å². The van der Waals surface area contributed by atoms with Gasteiger partial charge in [-0.2, -0.15) is 4.31 Å².